The summed E-state index contributed by atoms with van der Waals surface area (Å²) in [6.45, 7) is 6.71. The SMILES string of the molecule is CCNCC1(CN(C)Cc2ccc(Br)cc2)CCCC1. The van der Waals surface area contributed by atoms with E-state index in [1.54, 1.807) is 0 Å². The maximum absolute atomic E-state index is 3.57. The molecule has 0 unspecified atom stereocenters. The van der Waals surface area contributed by atoms with Gasteiger partial charge in [0.15, 0.2) is 0 Å². The van der Waals surface area contributed by atoms with E-state index < -0.39 is 0 Å². The van der Waals surface area contributed by atoms with E-state index in [1.807, 2.05) is 0 Å². The second kappa shape index (κ2) is 7.58. The Morgan fingerprint density at radius 3 is 2.45 bits per heavy atom. The fraction of sp³-hybridized carbons (Fsp3) is 0.647. The average molecular weight is 339 g/mol. The molecule has 2 nitrogen and oxygen atoms in total. The topological polar surface area (TPSA) is 15.3 Å². The highest BCUT2D eigenvalue weighted by atomic mass is 79.9. The van der Waals surface area contributed by atoms with Gasteiger partial charge in [-0.25, -0.2) is 0 Å². The number of halogens is 1. The fourth-order valence-corrected chi connectivity index (χ4v) is 3.70. The number of hydrogen-bond acceptors (Lipinski definition) is 2. The largest absolute Gasteiger partial charge is 0.316 e. The first-order valence-corrected chi connectivity index (χ1v) is 8.56. The van der Waals surface area contributed by atoms with Crippen molar-refractivity contribution in [3.05, 3.63) is 34.3 Å². The lowest BCUT2D eigenvalue weighted by molar-refractivity contribution is 0.168. The van der Waals surface area contributed by atoms with Crippen LogP contribution in [0.15, 0.2) is 28.7 Å². The molecular formula is C17H27BrN2. The van der Waals surface area contributed by atoms with Crippen LogP contribution in [0.3, 0.4) is 0 Å². The molecule has 0 saturated heterocycles. The molecule has 0 aliphatic heterocycles. The van der Waals surface area contributed by atoms with Crippen LogP contribution < -0.4 is 5.32 Å². The third-order valence-corrected chi connectivity index (χ3v) is 4.91. The summed E-state index contributed by atoms with van der Waals surface area (Å²) >= 11 is 3.50. The van der Waals surface area contributed by atoms with Crippen LogP contribution in [0.4, 0.5) is 0 Å². The third-order valence-electron chi connectivity index (χ3n) is 4.39. The van der Waals surface area contributed by atoms with Crippen molar-refractivity contribution >= 4 is 15.9 Å². The van der Waals surface area contributed by atoms with Crippen LogP contribution in [0.25, 0.3) is 0 Å². The molecule has 0 aromatic heterocycles. The zero-order valence-corrected chi connectivity index (χ0v) is 14.4. The highest BCUT2D eigenvalue weighted by molar-refractivity contribution is 9.10. The van der Waals surface area contributed by atoms with E-state index in [0.29, 0.717) is 5.41 Å². The van der Waals surface area contributed by atoms with Crippen molar-refractivity contribution in [3.8, 4) is 0 Å². The second-order valence-corrected chi connectivity index (χ2v) is 7.20. The summed E-state index contributed by atoms with van der Waals surface area (Å²) in [5.41, 5.74) is 1.90. The molecule has 1 aromatic carbocycles. The predicted molar refractivity (Wildman–Crippen MR) is 89.9 cm³/mol. The van der Waals surface area contributed by atoms with E-state index in [9.17, 15) is 0 Å². The van der Waals surface area contributed by atoms with Crippen molar-refractivity contribution in [2.45, 2.75) is 39.2 Å². The second-order valence-electron chi connectivity index (χ2n) is 6.29. The van der Waals surface area contributed by atoms with Gasteiger partial charge in [0.1, 0.15) is 0 Å². The van der Waals surface area contributed by atoms with Gasteiger partial charge in [0.05, 0.1) is 0 Å². The van der Waals surface area contributed by atoms with Crippen molar-refractivity contribution in [1.29, 1.82) is 0 Å². The normalized spacial score (nSPS) is 17.8. The van der Waals surface area contributed by atoms with Crippen LogP contribution in [0.1, 0.15) is 38.2 Å². The lowest BCUT2D eigenvalue weighted by atomic mass is 9.85. The molecule has 0 spiro atoms. The summed E-state index contributed by atoms with van der Waals surface area (Å²) in [6, 6.07) is 8.69. The van der Waals surface area contributed by atoms with Gasteiger partial charge in [-0.15, -0.1) is 0 Å². The molecule has 0 atom stereocenters. The molecule has 1 saturated carbocycles. The molecule has 0 radical (unpaired) electrons. The summed E-state index contributed by atoms with van der Waals surface area (Å²) in [6.07, 6.45) is 5.56. The first-order valence-electron chi connectivity index (χ1n) is 7.77. The molecule has 0 bridgehead atoms. The minimum atomic E-state index is 0.500. The maximum atomic E-state index is 3.57. The number of hydrogen-bond donors (Lipinski definition) is 1. The molecule has 3 heteroatoms. The predicted octanol–water partition coefficient (Wildman–Crippen LogP) is 4.05. The van der Waals surface area contributed by atoms with Crippen LogP contribution in [0.2, 0.25) is 0 Å². The third kappa shape index (κ3) is 4.57. The number of nitrogens with one attached hydrogen (secondary N) is 1. The van der Waals surface area contributed by atoms with Crippen molar-refractivity contribution in [3.63, 3.8) is 0 Å². The van der Waals surface area contributed by atoms with Gasteiger partial charge in [-0.1, -0.05) is 47.8 Å². The highest BCUT2D eigenvalue weighted by Crippen LogP contribution is 2.38. The van der Waals surface area contributed by atoms with Crippen LogP contribution in [-0.2, 0) is 6.54 Å². The van der Waals surface area contributed by atoms with Crippen LogP contribution >= 0.6 is 15.9 Å². The molecule has 112 valence electrons. The Labute approximate surface area is 132 Å². The highest BCUT2D eigenvalue weighted by Gasteiger charge is 2.34. The fourth-order valence-electron chi connectivity index (χ4n) is 3.44. The first kappa shape index (κ1) is 16.0. The minimum absolute atomic E-state index is 0.500. The quantitative estimate of drug-likeness (QED) is 0.806. The number of benzene rings is 1. The molecule has 1 fully saturated rings. The average Bonchev–Trinajstić information content (AvgIpc) is 2.88. The smallest absolute Gasteiger partial charge is 0.0230 e. The molecule has 2 rings (SSSR count). The van der Waals surface area contributed by atoms with E-state index in [2.05, 4.69) is 64.4 Å². The zero-order valence-electron chi connectivity index (χ0n) is 12.8. The van der Waals surface area contributed by atoms with Gasteiger partial charge in [0, 0.05) is 24.1 Å². The molecule has 1 aliphatic carbocycles. The molecule has 1 aliphatic rings. The summed E-state index contributed by atoms with van der Waals surface area (Å²) < 4.78 is 1.16. The van der Waals surface area contributed by atoms with Crippen molar-refractivity contribution in [2.75, 3.05) is 26.7 Å². The van der Waals surface area contributed by atoms with Gasteiger partial charge in [0.25, 0.3) is 0 Å². The Morgan fingerprint density at radius 2 is 1.85 bits per heavy atom. The summed E-state index contributed by atoms with van der Waals surface area (Å²) in [7, 11) is 2.26. The van der Waals surface area contributed by atoms with Gasteiger partial charge in [-0.2, -0.15) is 0 Å². The van der Waals surface area contributed by atoms with E-state index in [4.69, 9.17) is 0 Å². The Balaban J connectivity index is 1.91. The first-order chi connectivity index (χ1) is 9.63. The van der Waals surface area contributed by atoms with Crippen molar-refractivity contribution in [2.24, 2.45) is 5.41 Å². The molecule has 1 aromatic rings. The maximum Gasteiger partial charge on any atom is 0.0230 e. The van der Waals surface area contributed by atoms with Crippen molar-refractivity contribution in [1.82, 2.24) is 10.2 Å². The van der Waals surface area contributed by atoms with Crippen molar-refractivity contribution < 1.29 is 0 Å². The zero-order chi connectivity index (χ0) is 14.4. The molecule has 1 N–H and O–H groups in total. The molecular weight excluding hydrogens is 312 g/mol. The molecule has 0 amide bonds. The van der Waals surface area contributed by atoms with Gasteiger partial charge in [-0.05, 0) is 49.5 Å². The molecule has 20 heavy (non-hydrogen) atoms. The van der Waals surface area contributed by atoms with Crippen LogP contribution in [0.5, 0.6) is 0 Å². The Bertz CT molecular complexity index is 396. The Morgan fingerprint density at radius 1 is 1.20 bits per heavy atom. The number of nitrogens with zero attached hydrogens (tertiary/aromatic N) is 1. The van der Waals surface area contributed by atoms with Gasteiger partial charge in [-0.3, -0.25) is 0 Å². The Kier molecular flexibility index (Phi) is 6.06. The summed E-state index contributed by atoms with van der Waals surface area (Å²) in [4.78, 5) is 2.49. The van der Waals surface area contributed by atoms with E-state index in [1.165, 1.54) is 44.3 Å². The minimum Gasteiger partial charge on any atom is -0.316 e. The van der Waals surface area contributed by atoms with E-state index in [0.717, 1.165) is 17.6 Å². The van der Waals surface area contributed by atoms with Crippen LogP contribution in [-0.4, -0.2) is 31.6 Å². The van der Waals surface area contributed by atoms with Gasteiger partial charge in [0.2, 0.25) is 0 Å². The van der Waals surface area contributed by atoms with Crippen LogP contribution in [0, 0.1) is 5.41 Å². The standard InChI is InChI=1S/C17H27BrN2/c1-3-19-13-17(10-4-5-11-17)14-20(2)12-15-6-8-16(18)9-7-15/h6-9,19H,3-5,10-14H2,1-2H3. The van der Waals surface area contributed by atoms with E-state index in [-0.39, 0.29) is 0 Å². The van der Waals surface area contributed by atoms with Gasteiger partial charge < -0.3 is 10.2 Å². The molecule has 0 heterocycles. The van der Waals surface area contributed by atoms with Gasteiger partial charge >= 0.3 is 0 Å². The lowest BCUT2D eigenvalue weighted by Gasteiger charge is -2.34. The summed E-state index contributed by atoms with van der Waals surface area (Å²) in [5.74, 6) is 0. The monoisotopic (exact) mass is 338 g/mol. The lowest BCUT2D eigenvalue weighted by Crippen LogP contribution is -2.41. The summed E-state index contributed by atoms with van der Waals surface area (Å²) in [5, 5.41) is 3.57. The Hall–Kier alpha value is -0.380. The van der Waals surface area contributed by atoms with E-state index >= 15 is 0 Å². The number of rotatable bonds is 7.